The first-order valence-electron chi connectivity index (χ1n) is 11.2. The molecule has 190 valence electrons. The van der Waals surface area contributed by atoms with Crippen molar-refractivity contribution in [3.63, 3.8) is 0 Å². The van der Waals surface area contributed by atoms with E-state index in [-0.39, 0.29) is 30.9 Å². The van der Waals surface area contributed by atoms with Crippen LogP contribution in [-0.2, 0) is 11.2 Å². The fourth-order valence-corrected chi connectivity index (χ4v) is 4.14. The van der Waals surface area contributed by atoms with E-state index in [4.69, 9.17) is 42.3 Å². The minimum atomic E-state index is -0.935. The molecule has 0 fully saturated rings. The molecule has 0 saturated carbocycles. The average molecular weight is 541 g/mol. The lowest BCUT2D eigenvalue weighted by atomic mass is 10.00. The maximum absolute atomic E-state index is 13.4. The highest BCUT2D eigenvalue weighted by Gasteiger charge is 2.27. The molecule has 37 heavy (non-hydrogen) atoms. The smallest absolute Gasteiger partial charge is 0.307 e. The van der Waals surface area contributed by atoms with Crippen LogP contribution in [-0.4, -0.2) is 42.4 Å². The molecule has 0 unspecified atom stereocenters. The molecule has 0 saturated heterocycles. The summed E-state index contributed by atoms with van der Waals surface area (Å²) in [6.07, 6.45) is -0.115. The van der Waals surface area contributed by atoms with Crippen LogP contribution in [0.1, 0.15) is 15.9 Å². The third-order valence-electron chi connectivity index (χ3n) is 5.39. The van der Waals surface area contributed by atoms with Gasteiger partial charge >= 0.3 is 5.97 Å². The van der Waals surface area contributed by atoms with Crippen LogP contribution in [0.25, 0.3) is 22.6 Å². The summed E-state index contributed by atoms with van der Waals surface area (Å²) >= 11 is 12.0. The van der Waals surface area contributed by atoms with E-state index in [9.17, 15) is 9.59 Å². The van der Waals surface area contributed by atoms with E-state index < -0.39 is 11.9 Å². The number of amides is 1. The van der Waals surface area contributed by atoms with Crippen LogP contribution in [0.5, 0.6) is 11.5 Å². The molecule has 4 aromatic rings. The number of aromatic nitrogens is 1. The summed E-state index contributed by atoms with van der Waals surface area (Å²) in [4.78, 5) is 24.4. The lowest BCUT2D eigenvalue weighted by Crippen LogP contribution is -2.28. The zero-order chi connectivity index (χ0) is 26.4. The Morgan fingerprint density at radius 1 is 1.03 bits per heavy atom. The summed E-state index contributed by atoms with van der Waals surface area (Å²) < 4.78 is 16.8. The summed E-state index contributed by atoms with van der Waals surface area (Å²) in [6, 6.07) is 18.7. The van der Waals surface area contributed by atoms with E-state index in [0.717, 1.165) is 0 Å². The minimum absolute atomic E-state index is 0.115. The Balaban J connectivity index is 1.60. The summed E-state index contributed by atoms with van der Waals surface area (Å²) in [5.41, 5.74) is 2.28. The molecule has 0 aliphatic carbocycles. The molecule has 0 bridgehead atoms. The Labute approximate surface area is 222 Å². The second-order valence-corrected chi connectivity index (χ2v) is 8.73. The van der Waals surface area contributed by atoms with Gasteiger partial charge in [0.05, 0.1) is 30.7 Å². The molecule has 1 amide bonds. The summed E-state index contributed by atoms with van der Waals surface area (Å²) in [5, 5.41) is 16.9. The number of hydrogen-bond acceptors (Lipinski definition) is 6. The van der Waals surface area contributed by atoms with E-state index in [1.54, 1.807) is 66.7 Å². The van der Waals surface area contributed by atoms with E-state index in [1.807, 2.05) is 0 Å². The number of benzene rings is 3. The summed E-state index contributed by atoms with van der Waals surface area (Å²) in [5.74, 6) is -0.174. The number of ether oxygens (including phenoxy) is 2. The summed E-state index contributed by atoms with van der Waals surface area (Å²) in [7, 11) is 1.52. The van der Waals surface area contributed by atoms with Crippen molar-refractivity contribution in [1.82, 2.24) is 10.5 Å². The van der Waals surface area contributed by atoms with E-state index >= 15 is 0 Å². The standard InChI is InChI=1S/C27H22Cl2N2O6/c1-35-21-5-3-2-4-19(21)26-24(25(31-37-26)17-8-6-16(7-9-17)14-23(32)33)27(34)30-12-13-36-22-11-10-18(28)15-20(22)29/h2-11,15H,12-14H2,1H3,(H,30,34)(H,32,33). The van der Waals surface area contributed by atoms with Crippen molar-refractivity contribution >= 4 is 35.1 Å². The fraction of sp³-hybridized carbons (Fsp3) is 0.148. The predicted octanol–water partition coefficient (Wildman–Crippen LogP) is 5.76. The van der Waals surface area contributed by atoms with Crippen LogP contribution in [0.2, 0.25) is 10.0 Å². The molecule has 3 aromatic carbocycles. The van der Waals surface area contributed by atoms with E-state index in [0.29, 0.717) is 43.9 Å². The van der Waals surface area contributed by atoms with Gasteiger partial charge in [-0.2, -0.15) is 0 Å². The Morgan fingerprint density at radius 3 is 2.49 bits per heavy atom. The molecule has 0 aliphatic heterocycles. The molecule has 10 heteroatoms. The van der Waals surface area contributed by atoms with Crippen LogP contribution >= 0.6 is 23.2 Å². The molecule has 0 atom stereocenters. The molecule has 4 rings (SSSR count). The maximum atomic E-state index is 13.4. The minimum Gasteiger partial charge on any atom is -0.496 e. The lowest BCUT2D eigenvalue weighted by molar-refractivity contribution is -0.136. The number of carboxylic acids is 1. The first-order valence-corrected chi connectivity index (χ1v) is 11.9. The van der Waals surface area contributed by atoms with Gasteiger partial charge in [0.15, 0.2) is 5.76 Å². The topological polar surface area (TPSA) is 111 Å². The molecule has 1 heterocycles. The molecular weight excluding hydrogens is 519 g/mol. The number of carbonyl (C=O) groups is 2. The predicted molar refractivity (Wildman–Crippen MR) is 140 cm³/mol. The van der Waals surface area contributed by atoms with Gasteiger partial charge in [0, 0.05) is 10.6 Å². The van der Waals surface area contributed by atoms with Crippen molar-refractivity contribution in [2.45, 2.75) is 6.42 Å². The number of carboxylic acid groups (broad SMARTS) is 1. The maximum Gasteiger partial charge on any atom is 0.307 e. The van der Waals surface area contributed by atoms with Gasteiger partial charge in [-0.3, -0.25) is 9.59 Å². The van der Waals surface area contributed by atoms with E-state index in [1.165, 1.54) is 7.11 Å². The number of hydrogen-bond donors (Lipinski definition) is 2. The quantitative estimate of drug-likeness (QED) is 0.246. The highest BCUT2D eigenvalue weighted by atomic mass is 35.5. The van der Waals surface area contributed by atoms with Crippen molar-refractivity contribution in [3.8, 4) is 34.1 Å². The number of nitrogens with zero attached hydrogens (tertiary/aromatic N) is 1. The van der Waals surface area contributed by atoms with Gasteiger partial charge in [-0.05, 0) is 35.9 Å². The van der Waals surface area contributed by atoms with Gasteiger partial charge in [0.25, 0.3) is 5.91 Å². The fourth-order valence-electron chi connectivity index (χ4n) is 3.68. The van der Waals surface area contributed by atoms with Gasteiger partial charge in [0.2, 0.25) is 0 Å². The van der Waals surface area contributed by atoms with Crippen LogP contribution in [0, 0.1) is 0 Å². The van der Waals surface area contributed by atoms with Crippen molar-refractivity contribution in [2.75, 3.05) is 20.3 Å². The van der Waals surface area contributed by atoms with Crippen molar-refractivity contribution in [1.29, 1.82) is 0 Å². The molecule has 0 spiro atoms. The van der Waals surface area contributed by atoms with E-state index in [2.05, 4.69) is 10.5 Å². The Kier molecular flexibility index (Phi) is 8.32. The van der Waals surface area contributed by atoms with Crippen molar-refractivity contribution in [3.05, 3.63) is 87.9 Å². The third kappa shape index (κ3) is 6.22. The number of para-hydroxylation sites is 1. The molecule has 0 radical (unpaired) electrons. The lowest BCUT2D eigenvalue weighted by Gasteiger charge is -2.11. The van der Waals surface area contributed by atoms with Crippen LogP contribution in [0.4, 0.5) is 0 Å². The molecule has 8 nitrogen and oxygen atoms in total. The summed E-state index contributed by atoms with van der Waals surface area (Å²) in [6.45, 7) is 0.326. The highest BCUT2D eigenvalue weighted by molar-refractivity contribution is 6.35. The van der Waals surface area contributed by atoms with Gasteiger partial charge in [0.1, 0.15) is 29.4 Å². The number of halogens is 2. The first-order chi connectivity index (χ1) is 17.9. The second kappa shape index (κ2) is 11.8. The van der Waals surface area contributed by atoms with Crippen molar-refractivity contribution < 1.29 is 28.7 Å². The zero-order valence-corrected chi connectivity index (χ0v) is 21.2. The zero-order valence-electron chi connectivity index (χ0n) is 19.7. The molecule has 2 N–H and O–H groups in total. The molecule has 0 aliphatic rings. The molecular formula is C27H22Cl2N2O6. The average Bonchev–Trinajstić information content (AvgIpc) is 3.32. The normalized spacial score (nSPS) is 10.7. The first kappa shape index (κ1) is 26.1. The highest BCUT2D eigenvalue weighted by Crippen LogP contribution is 2.37. The SMILES string of the molecule is COc1ccccc1-c1onc(-c2ccc(CC(=O)O)cc2)c1C(=O)NCCOc1ccc(Cl)cc1Cl. The largest absolute Gasteiger partial charge is 0.496 e. The number of methoxy groups -OCH3 is 1. The van der Waals surface area contributed by atoms with Gasteiger partial charge in [-0.1, -0.05) is 64.8 Å². The van der Waals surface area contributed by atoms with Crippen LogP contribution < -0.4 is 14.8 Å². The Hall–Kier alpha value is -4.01. The van der Waals surface area contributed by atoms with Crippen LogP contribution in [0.3, 0.4) is 0 Å². The van der Waals surface area contributed by atoms with Crippen LogP contribution in [0.15, 0.2) is 71.3 Å². The van der Waals surface area contributed by atoms with Gasteiger partial charge in [-0.15, -0.1) is 0 Å². The number of aliphatic carboxylic acids is 1. The molecule has 1 aromatic heterocycles. The monoisotopic (exact) mass is 540 g/mol. The third-order valence-corrected chi connectivity index (χ3v) is 5.92. The van der Waals surface area contributed by atoms with Gasteiger partial charge < -0.3 is 24.4 Å². The van der Waals surface area contributed by atoms with Crippen molar-refractivity contribution in [2.24, 2.45) is 0 Å². The van der Waals surface area contributed by atoms with Gasteiger partial charge in [-0.25, -0.2) is 0 Å². The number of rotatable bonds is 10. The number of carbonyl (C=O) groups excluding carboxylic acids is 1. The Bertz CT molecular complexity index is 1420. The Morgan fingerprint density at radius 2 is 1.78 bits per heavy atom. The number of nitrogens with one attached hydrogen (secondary N) is 1. The second-order valence-electron chi connectivity index (χ2n) is 7.88.